The number of hydrogen-bond donors (Lipinski definition) is 1. The summed E-state index contributed by atoms with van der Waals surface area (Å²) in [6.45, 7) is 4.91. The first-order valence-electron chi connectivity index (χ1n) is 6.95. The molecule has 19 heavy (non-hydrogen) atoms. The van der Waals surface area contributed by atoms with E-state index in [9.17, 15) is 9.59 Å². The Morgan fingerprint density at radius 2 is 2.16 bits per heavy atom. The first-order chi connectivity index (χ1) is 8.99. The number of aryl methyl sites for hydroxylation is 2. The van der Waals surface area contributed by atoms with E-state index in [2.05, 4.69) is 13.8 Å². The summed E-state index contributed by atoms with van der Waals surface area (Å²) in [6.07, 6.45) is 3.43. The fourth-order valence-electron chi connectivity index (χ4n) is 2.76. The molecule has 1 heterocycles. The number of fused-ring (bicyclic) bond motifs is 1. The summed E-state index contributed by atoms with van der Waals surface area (Å²) in [6, 6.07) is 1.93. The normalized spacial score (nSPS) is 13.8. The molecule has 0 amide bonds. The van der Waals surface area contributed by atoms with E-state index in [0.29, 0.717) is 17.9 Å². The first-order valence-corrected chi connectivity index (χ1v) is 6.95. The molecule has 0 saturated carbocycles. The van der Waals surface area contributed by atoms with Gasteiger partial charge in [-0.05, 0) is 43.2 Å². The van der Waals surface area contributed by atoms with E-state index in [-0.39, 0.29) is 12.0 Å². The highest BCUT2D eigenvalue weighted by molar-refractivity contribution is 5.67. The van der Waals surface area contributed by atoms with Crippen LogP contribution in [-0.4, -0.2) is 15.6 Å². The van der Waals surface area contributed by atoms with E-state index in [4.69, 9.17) is 5.11 Å². The largest absolute Gasteiger partial charge is 0.481 e. The van der Waals surface area contributed by atoms with Crippen molar-refractivity contribution >= 4 is 5.97 Å². The lowest BCUT2D eigenvalue weighted by molar-refractivity contribution is -0.136. The summed E-state index contributed by atoms with van der Waals surface area (Å²) in [5, 5.41) is 8.77. The van der Waals surface area contributed by atoms with Crippen molar-refractivity contribution in [3.05, 3.63) is 33.2 Å². The molecule has 1 aliphatic rings. The van der Waals surface area contributed by atoms with Gasteiger partial charge in [0, 0.05) is 24.2 Å². The SMILES string of the molecule is CC(C)Cn1c2c(cc(CCC(=O)O)c1=O)CCC2. The van der Waals surface area contributed by atoms with Gasteiger partial charge in [0.25, 0.3) is 5.56 Å². The van der Waals surface area contributed by atoms with Gasteiger partial charge in [-0.15, -0.1) is 0 Å². The molecule has 0 aromatic carbocycles. The number of aromatic nitrogens is 1. The summed E-state index contributed by atoms with van der Waals surface area (Å²) in [4.78, 5) is 23.1. The number of aliphatic carboxylic acids is 1. The maximum absolute atomic E-state index is 12.4. The van der Waals surface area contributed by atoms with Crippen LogP contribution in [0.25, 0.3) is 0 Å². The standard InChI is InChI=1S/C15H21NO3/c1-10(2)9-16-13-5-3-4-11(13)8-12(15(16)19)6-7-14(17)18/h8,10H,3-7,9H2,1-2H3,(H,17,18). The van der Waals surface area contributed by atoms with Gasteiger partial charge in [-0.1, -0.05) is 13.8 Å². The highest BCUT2D eigenvalue weighted by Crippen LogP contribution is 2.22. The van der Waals surface area contributed by atoms with Crippen molar-refractivity contribution in [2.24, 2.45) is 5.92 Å². The van der Waals surface area contributed by atoms with E-state index < -0.39 is 5.97 Å². The lowest BCUT2D eigenvalue weighted by Crippen LogP contribution is -2.29. The number of carbonyl (C=O) groups is 1. The molecule has 4 nitrogen and oxygen atoms in total. The number of carboxylic acids is 1. The third-order valence-electron chi connectivity index (χ3n) is 3.58. The number of hydrogen-bond acceptors (Lipinski definition) is 2. The minimum absolute atomic E-state index is 0.00981. The number of pyridine rings is 1. The molecule has 0 unspecified atom stereocenters. The predicted molar refractivity (Wildman–Crippen MR) is 73.5 cm³/mol. The van der Waals surface area contributed by atoms with Gasteiger partial charge in [0.05, 0.1) is 0 Å². The maximum Gasteiger partial charge on any atom is 0.303 e. The van der Waals surface area contributed by atoms with E-state index >= 15 is 0 Å². The zero-order chi connectivity index (χ0) is 14.0. The third kappa shape index (κ3) is 3.06. The second kappa shape index (κ2) is 5.59. The smallest absolute Gasteiger partial charge is 0.303 e. The van der Waals surface area contributed by atoms with Crippen LogP contribution in [0.4, 0.5) is 0 Å². The Labute approximate surface area is 113 Å². The van der Waals surface area contributed by atoms with E-state index in [1.165, 1.54) is 5.56 Å². The molecule has 1 N–H and O–H groups in total. The zero-order valence-corrected chi connectivity index (χ0v) is 11.6. The Kier molecular flexibility index (Phi) is 4.08. The fraction of sp³-hybridized carbons (Fsp3) is 0.600. The quantitative estimate of drug-likeness (QED) is 0.884. The Morgan fingerprint density at radius 1 is 1.42 bits per heavy atom. The van der Waals surface area contributed by atoms with Gasteiger partial charge < -0.3 is 9.67 Å². The lowest BCUT2D eigenvalue weighted by atomic mass is 10.1. The molecule has 0 atom stereocenters. The summed E-state index contributed by atoms with van der Waals surface area (Å²) in [7, 11) is 0. The van der Waals surface area contributed by atoms with E-state index in [1.54, 1.807) is 0 Å². The number of nitrogens with zero attached hydrogens (tertiary/aromatic N) is 1. The van der Waals surface area contributed by atoms with E-state index in [1.807, 2.05) is 10.6 Å². The van der Waals surface area contributed by atoms with Crippen LogP contribution in [0.3, 0.4) is 0 Å². The summed E-state index contributed by atoms with van der Waals surface area (Å²) >= 11 is 0. The Hall–Kier alpha value is -1.58. The van der Waals surface area contributed by atoms with Crippen molar-refractivity contribution < 1.29 is 9.90 Å². The number of rotatable bonds is 5. The summed E-state index contributed by atoms with van der Waals surface area (Å²) in [5.41, 5.74) is 3.07. The average molecular weight is 263 g/mol. The van der Waals surface area contributed by atoms with Crippen LogP contribution >= 0.6 is 0 Å². The molecule has 0 spiro atoms. The van der Waals surface area contributed by atoms with Crippen LogP contribution in [-0.2, 0) is 30.6 Å². The van der Waals surface area contributed by atoms with Gasteiger partial charge in [0.2, 0.25) is 0 Å². The molecule has 1 aromatic heterocycles. The Balaban J connectivity index is 2.40. The Morgan fingerprint density at radius 3 is 2.79 bits per heavy atom. The topological polar surface area (TPSA) is 59.3 Å². The van der Waals surface area contributed by atoms with E-state index in [0.717, 1.165) is 31.5 Å². The van der Waals surface area contributed by atoms with Crippen molar-refractivity contribution in [1.29, 1.82) is 0 Å². The monoisotopic (exact) mass is 263 g/mol. The van der Waals surface area contributed by atoms with Crippen molar-refractivity contribution in [3.63, 3.8) is 0 Å². The van der Waals surface area contributed by atoms with Crippen LogP contribution in [0.15, 0.2) is 10.9 Å². The lowest BCUT2D eigenvalue weighted by Gasteiger charge is -2.16. The highest BCUT2D eigenvalue weighted by atomic mass is 16.4. The van der Waals surface area contributed by atoms with Gasteiger partial charge in [-0.25, -0.2) is 0 Å². The van der Waals surface area contributed by atoms with Gasteiger partial charge in [0.1, 0.15) is 0 Å². The molecule has 1 aliphatic carbocycles. The molecule has 2 rings (SSSR count). The van der Waals surface area contributed by atoms with Gasteiger partial charge >= 0.3 is 5.97 Å². The first kappa shape index (κ1) is 13.8. The van der Waals surface area contributed by atoms with Crippen LogP contribution in [0.1, 0.15) is 43.5 Å². The second-order valence-electron chi connectivity index (χ2n) is 5.70. The van der Waals surface area contributed by atoms with Crippen LogP contribution < -0.4 is 5.56 Å². The highest BCUT2D eigenvalue weighted by Gasteiger charge is 2.19. The van der Waals surface area contributed by atoms with Crippen molar-refractivity contribution in [2.75, 3.05) is 0 Å². The van der Waals surface area contributed by atoms with Gasteiger partial charge in [-0.2, -0.15) is 0 Å². The predicted octanol–water partition coefficient (Wildman–Crippen LogP) is 2.01. The van der Waals surface area contributed by atoms with Crippen LogP contribution in [0.2, 0.25) is 0 Å². The molecule has 0 bridgehead atoms. The molecule has 1 aromatic rings. The maximum atomic E-state index is 12.4. The molecule has 0 saturated heterocycles. The Bertz CT molecular complexity index is 543. The minimum Gasteiger partial charge on any atom is -0.481 e. The molecular weight excluding hydrogens is 242 g/mol. The minimum atomic E-state index is -0.852. The van der Waals surface area contributed by atoms with Crippen LogP contribution in [0.5, 0.6) is 0 Å². The molecule has 4 heteroatoms. The van der Waals surface area contributed by atoms with Crippen LogP contribution in [0, 0.1) is 5.92 Å². The average Bonchev–Trinajstić information content (AvgIpc) is 2.78. The summed E-state index contributed by atoms with van der Waals surface area (Å²) < 4.78 is 1.88. The van der Waals surface area contributed by atoms with Gasteiger partial charge in [0.15, 0.2) is 0 Å². The molecule has 104 valence electrons. The van der Waals surface area contributed by atoms with Crippen molar-refractivity contribution in [3.8, 4) is 0 Å². The molecular formula is C15H21NO3. The second-order valence-corrected chi connectivity index (χ2v) is 5.70. The van der Waals surface area contributed by atoms with Crippen molar-refractivity contribution in [2.45, 2.75) is 52.5 Å². The summed E-state index contributed by atoms with van der Waals surface area (Å²) in [5.74, 6) is -0.438. The fourth-order valence-corrected chi connectivity index (χ4v) is 2.76. The third-order valence-corrected chi connectivity index (χ3v) is 3.58. The van der Waals surface area contributed by atoms with Gasteiger partial charge in [-0.3, -0.25) is 9.59 Å². The zero-order valence-electron chi connectivity index (χ0n) is 11.6. The molecule has 0 aliphatic heterocycles. The molecule has 0 fully saturated rings. The number of carboxylic acid groups (broad SMARTS) is 1. The molecule has 0 radical (unpaired) electrons. The van der Waals surface area contributed by atoms with Crippen molar-refractivity contribution in [1.82, 2.24) is 4.57 Å².